The number of carbonyl (C=O) groups is 3. The van der Waals surface area contributed by atoms with Crippen LogP contribution in [0.3, 0.4) is 0 Å². The Balaban J connectivity index is 1.30. The van der Waals surface area contributed by atoms with Gasteiger partial charge in [0.05, 0.1) is 18.4 Å². The highest BCUT2D eigenvalue weighted by atomic mass is 35.5. The second kappa shape index (κ2) is 8.36. The van der Waals surface area contributed by atoms with Gasteiger partial charge in [0.25, 0.3) is 0 Å². The lowest BCUT2D eigenvalue weighted by Gasteiger charge is -2.29. The first-order chi connectivity index (χ1) is 18.8. The molecule has 2 saturated heterocycles. The van der Waals surface area contributed by atoms with Crippen LogP contribution in [-0.4, -0.2) is 45.7 Å². The maximum absolute atomic E-state index is 14.1. The van der Waals surface area contributed by atoms with Crippen LogP contribution >= 0.6 is 11.6 Å². The average molecular weight is 548 g/mol. The molecule has 198 valence electrons. The predicted octanol–water partition coefficient (Wildman–Crippen LogP) is 2.64. The van der Waals surface area contributed by atoms with Crippen LogP contribution in [0, 0.1) is 11.8 Å². The molecule has 0 radical (unpaired) electrons. The number of aromatic hydroxyl groups is 2. The molecule has 0 saturated carbocycles. The van der Waals surface area contributed by atoms with E-state index in [0.29, 0.717) is 38.9 Å². The van der Waals surface area contributed by atoms with E-state index in [4.69, 9.17) is 21.1 Å². The Morgan fingerprint density at radius 1 is 0.923 bits per heavy atom. The molecule has 0 aromatic heterocycles. The first-order valence-corrected chi connectivity index (χ1v) is 12.8. The van der Waals surface area contributed by atoms with Crippen LogP contribution in [0.25, 0.3) is 0 Å². The molecule has 0 bridgehead atoms. The second-order valence-electron chi connectivity index (χ2n) is 10.2. The average Bonchev–Trinajstić information content (AvgIpc) is 3.64. The van der Waals surface area contributed by atoms with Gasteiger partial charge in [-0.3, -0.25) is 24.6 Å². The van der Waals surface area contributed by atoms with Gasteiger partial charge in [-0.05, 0) is 60.0 Å². The largest absolute Gasteiger partial charge is 0.504 e. The lowest BCUT2D eigenvalue weighted by atomic mass is 9.76. The predicted molar refractivity (Wildman–Crippen MR) is 137 cm³/mol. The van der Waals surface area contributed by atoms with Crippen molar-refractivity contribution in [1.29, 1.82) is 0 Å². The highest BCUT2D eigenvalue weighted by Crippen LogP contribution is 2.54. The summed E-state index contributed by atoms with van der Waals surface area (Å²) in [6.45, 7) is 0.110. The summed E-state index contributed by atoms with van der Waals surface area (Å²) in [6, 6.07) is 14.0. The Bertz CT molecular complexity index is 1590. The minimum absolute atomic E-state index is 0.00806. The number of imide groups is 1. The van der Waals surface area contributed by atoms with Gasteiger partial charge in [-0.1, -0.05) is 23.7 Å². The maximum atomic E-state index is 14.1. The third-order valence-corrected chi connectivity index (χ3v) is 8.28. The van der Waals surface area contributed by atoms with Crippen molar-refractivity contribution in [3.63, 3.8) is 0 Å². The molecule has 0 aliphatic carbocycles. The van der Waals surface area contributed by atoms with Crippen molar-refractivity contribution >= 4 is 35.0 Å². The number of hydrogen-bond acceptors (Lipinski definition) is 8. The number of phenols is 2. The molecule has 4 aliphatic rings. The zero-order chi connectivity index (χ0) is 27.1. The van der Waals surface area contributed by atoms with E-state index in [1.807, 2.05) is 0 Å². The Labute approximate surface area is 227 Å². The highest BCUT2D eigenvalue weighted by Gasteiger charge is 2.70. The Morgan fingerprint density at radius 3 is 2.54 bits per heavy atom. The van der Waals surface area contributed by atoms with E-state index in [1.165, 1.54) is 17.0 Å². The van der Waals surface area contributed by atoms with E-state index in [-0.39, 0.29) is 31.3 Å². The summed E-state index contributed by atoms with van der Waals surface area (Å²) >= 11 is 6.32. The number of ether oxygens (including phenoxy) is 2. The summed E-state index contributed by atoms with van der Waals surface area (Å²) in [5.41, 5.74) is 0.829. The number of phenolic OH excluding ortho intramolecular Hbond substituents is 2. The van der Waals surface area contributed by atoms with E-state index in [2.05, 4.69) is 10.6 Å². The number of anilines is 1. The number of nitrogens with zero attached hydrogens (tertiary/aromatic N) is 1. The standard InChI is InChI=1S/C28H22ClN3O7/c29-15-3-4-17-16(10-15)28(27(37)30-17)24-23(18(31-28)7-13-1-5-19(33)20(34)8-13)25(35)32(26(24)36)11-14-2-6-21-22(9-14)39-12-38-21/h1-6,8-10,18,23-24,31,33-34H,7,11-12H2,(H,30,37)/t18-,23+,24-,28+/m0/s1. The zero-order valence-corrected chi connectivity index (χ0v) is 21.1. The van der Waals surface area contributed by atoms with Gasteiger partial charge < -0.3 is 25.0 Å². The van der Waals surface area contributed by atoms with Gasteiger partial charge in [0.1, 0.15) is 5.54 Å². The van der Waals surface area contributed by atoms with Crippen LogP contribution < -0.4 is 20.1 Å². The van der Waals surface area contributed by atoms with Crippen LogP contribution in [0.5, 0.6) is 23.0 Å². The van der Waals surface area contributed by atoms with Gasteiger partial charge >= 0.3 is 0 Å². The van der Waals surface area contributed by atoms with E-state index < -0.39 is 41.1 Å². The van der Waals surface area contributed by atoms with E-state index in [1.54, 1.807) is 42.5 Å². The molecular formula is C28H22ClN3O7. The molecule has 4 aliphatic heterocycles. The Morgan fingerprint density at radius 2 is 1.72 bits per heavy atom. The van der Waals surface area contributed by atoms with Crippen molar-refractivity contribution < 1.29 is 34.1 Å². The van der Waals surface area contributed by atoms with Crippen molar-refractivity contribution in [3.05, 3.63) is 76.3 Å². The van der Waals surface area contributed by atoms with E-state index in [0.717, 1.165) is 0 Å². The summed E-state index contributed by atoms with van der Waals surface area (Å²) in [7, 11) is 0. The molecular weight excluding hydrogens is 526 g/mol. The Kier molecular flexibility index (Phi) is 5.10. The number of likely N-dealkylation sites (tertiary alicyclic amines) is 1. The first kappa shape index (κ1) is 23.8. The SMILES string of the molecule is O=C1[C@@H]2[C@H](Cc3ccc(O)c(O)c3)N[C@@]3(C(=O)Nc4ccc(Cl)cc43)[C@@H]2C(=O)N1Cc1ccc2c(c1)OCO2. The summed E-state index contributed by atoms with van der Waals surface area (Å²) in [5.74, 6) is -2.62. The first-order valence-electron chi connectivity index (χ1n) is 12.4. The molecule has 3 aromatic carbocycles. The number of nitrogens with one attached hydrogen (secondary N) is 2. The van der Waals surface area contributed by atoms with Crippen LogP contribution in [-0.2, 0) is 32.9 Å². The van der Waals surface area contributed by atoms with Gasteiger partial charge in [-0.25, -0.2) is 0 Å². The number of fused-ring (bicyclic) bond motifs is 5. The monoisotopic (exact) mass is 547 g/mol. The number of amides is 3. The molecule has 4 N–H and O–H groups in total. The molecule has 3 amide bonds. The lowest BCUT2D eigenvalue weighted by Crippen LogP contribution is -2.53. The maximum Gasteiger partial charge on any atom is 0.250 e. The molecule has 4 heterocycles. The minimum atomic E-state index is -1.51. The molecule has 0 unspecified atom stereocenters. The molecule has 3 aromatic rings. The molecule has 2 fully saturated rings. The summed E-state index contributed by atoms with van der Waals surface area (Å²) in [4.78, 5) is 42.9. The van der Waals surface area contributed by atoms with Crippen LogP contribution in [0.1, 0.15) is 16.7 Å². The normalized spacial score (nSPS) is 26.3. The van der Waals surface area contributed by atoms with Gasteiger partial charge in [0, 0.05) is 22.3 Å². The smallest absolute Gasteiger partial charge is 0.250 e. The molecule has 1 spiro atoms. The number of hydrogen-bond donors (Lipinski definition) is 4. The highest BCUT2D eigenvalue weighted by molar-refractivity contribution is 6.31. The summed E-state index contributed by atoms with van der Waals surface area (Å²) in [5, 5.41) is 26.4. The lowest BCUT2D eigenvalue weighted by molar-refractivity contribution is -0.143. The van der Waals surface area contributed by atoms with Crippen LogP contribution in [0.4, 0.5) is 5.69 Å². The van der Waals surface area contributed by atoms with Crippen LogP contribution in [0.15, 0.2) is 54.6 Å². The molecule has 10 nitrogen and oxygen atoms in total. The number of benzene rings is 3. The van der Waals surface area contributed by atoms with Gasteiger partial charge in [0.15, 0.2) is 23.0 Å². The summed E-state index contributed by atoms with van der Waals surface area (Å²) in [6.07, 6.45) is 0.219. The quantitative estimate of drug-likeness (QED) is 0.289. The van der Waals surface area contributed by atoms with Crippen molar-refractivity contribution in [2.24, 2.45) is 11.8 Å². The second-order valence-corrected chi connectivity index (χ2v) is 10.6. The molecule has 11 heteroatoms. The van der Waals surface area contributed by atoms with Crippen molar-refractivity contribution in [3.8, 4) is 23.0 Å². The third kappa shape index (κ3) is 3.41. The van der Waals surface area contributed by atoms with Crippen molar-refractivity contribution in [2.45, 2.75) is 24.5 Å². The zero-order valence-electron chi connectivity index (χ0n) is 20.3. The van der Waals surface area contributed by atoms with E-state index in [9.17, 15) is 24.6 Å². The van der Waals surface area contributed by atoms with Crippen molar-refractivity contribution in [2.75, 3.05) is 12.1 Å². The van der Waals surface area contributed by atoms with Gasteiger partial charge in [-0.15, -0.1) is 0 Å². The molecule has 7 rings (SSSR count). The fourth-order valence-electron chi connectivity index (χ4n) is 6.34. The number of carbonyl (C=O) groups excluding carboxylic acids is 3. The minimum Gasteiger partial charge on any atom is -0.504 e. The Hall–Kier alpha value is -4.28. The number of rotatable bonds is 4. The van der Waals surface area contributed by atoms with E-state index >= 15 is 0 Å². The topological polar surface area (TPSA) is 137 Å². The summed E-state index contributed by atoms with van der Waals surface area (Å²) < 4.78 is 10.8. The fraction of sp³-hybridized carbons (Fsp3) is 0.250. The van der Waals surface area contributed by atoms with Gasteiger partial charge in [-0.2, -0.15) is 0 Å². The van der Waals surface area contributed by atoms with Crippen LogP contribution in [0.2, 0.25) is 5.02 Å². The number of halogens is 1. The molecule has 39 heavy (non-hydrogen) atoms. The van der Waals surface area contributed by atoms with Gasteiger partial charge in [0.2, 0.25) is 24.5 Å². The molecule has 4 atom stereocenters. The fourth-order valence-corrected chi connectivity index (χ4v) is 6.51. The van der Waals surface area contributed by atoms with Crippen molar-refractivity contribution in [1.82, 2.24) is 10.2 Å². The third-order valence-electron chi connectivity index (χ3n) is 8.04.